The van der Waals surface area contributed by atoms with Crippen LogP contribution in [-0.2, 0) is 0 Å². The third-order valence-corrected chi connectivity index (χ3v) is 5.75. The highest BCUT2D eigenvalue weighted by Crippen LogP contribution is 2.37. The number of aliphatic hydroxyl groups excluding tert-OH is 1. The molecule has 0 aromatic carbocycles. The Morgan fingerprint density at radius 3 is 1.44 bits per heavy atom. The first-order chi connectivity index (χ1) is 8.81. The Kier molecular flexibility index (Phi) is 6.01. The summed E-state index contributed by atoms with van der Waals surface area (Å²) in [6.45, 7) is 2.78. The predicted molar refractivity (Wildman–Crippen MR) is 77.5 cm³/mol. The average molecular weight is 252 g/mol. The third kappa shape index (κ3) is 4.26. The van der Waals surface area contributed by atoms with E-state index in [4.69, 9.17) is 5.11 Å². The molecule has 0 aromatic heterocycles. The Labute approximate surface area is 113 Å². The molecule has 0 aromatic rings. The van der Waals surface area contributed by atoms with Gasteiger partial charge in [0.05, 0.1) is 0 Å². The quantitative estimate of drug-likeness (QED) is 0.746. The number of hydrogen-bond donors (Lipinski definition) is 1. The molecule has 2 saturated carbocycles. The largest absolute Gasteiger partial charge is 0.396 e. The standard InChI is InChI=1S/C17H32O/c1-2-14-3-5-15(6-4-14)7-8-16-9-11-17(13-18)12-10-16/h14-18H,2-13H2,1H3/t14-,15-,16?,17?. The molecule has 0 atom stereocenters. The highest BCUT2D eigenvalue weighted by molar-refractivity contribution is 4.76. The van der Waals surface area contributed by atoms with Gasteiger partial charge in [0.25, 0.3) is 0 Å². The SMILES string of the molecule is CC[C@H]1CC[C@H](CCC2CCC(CO)CC2)CC1. The van der Waals surface area contributed by atoms with Gasteiger partial charge < -0.3 is 5.11 Å². The summed E-state index contributed by atoms with van der Waals surface area (Å²) < 4.78 is 0. The molecule has 0 saturated heterocycles. The Morgan fingerprint density at radius 2 is 1.06 bits per heavy atom. The number of hydrogen-bond acceptors (Lipinski definition) is 1. The van der Waals surface area contributed by atoms with Crippen molar-refractivity contribution in [2.75, 3.05) is 6.61 Å². The van der Waals surface area contributed by atoms with Crippen molar-refractivity contribution >= 4 is 0 Å². The molecule has 1 N–H and O–H groups in total. The molecular formula is C17H32O. The second-order valence-corrected chi connectivity index (χ2v) is 6.94. The van der Waals surface area contributed by atoms with Crippen molar-refractivity contribution in [3.63, 3.8) is 0 Å². The van der Waals surface area contributed by atoms with Crippen LogP contribution in [0.4, 0.5) is 0 Å². The van der Waals surface area contributed by atoms with Crippen LogP contribution in [-0.4, -0.2) is 11.7 Å². The van der Waals surface area contributed by atoms with Crippen LogP contribution in [0.25, 0.3) is 0 Å². The third-order valence-electron chi connectivity index (χ3n) is 5.75. The normalized spacial score (nSPS) is 37.7. The summed E-state index contributed by atoms with van der Waals surface area (Å²) in [5.74, 6) is 3.70. The van der Waals surface area contributed by atoms with Gasteiger partial charge in [-0.3, -0.25) is 0 Å². The fourth-order valence-electron chi connectivity index (χ4n) is 4.10. The summed E-state index contributed by atoms with van der Waals surface area (Å²) in [7, 11) is 0. The zero-order valence-corrected chi connectivity index (χ0v) is 12.2. The van der Waals surface area contributed by atoms with E-state index in [0.29, 0.717) is 12.5 Å². The van der Waals surface area contributed by atoms with Crippen LogP contribution >= 0.6 is 0 Å². The Bertz CT molecular complexity index is 186. The van der Waals surface area contributed by atoms with E-state index in [2.05, 4.69) is 6.92 Å². The summed E-state index contributed by atoms with van der Waals surface area (Å²) in [4.78, 5) is 0. The highest BCUT2D eigenvalue weighted by Gasteiger charge is 2.23. The first kappa shape index (κ1) is 14.4. The fraction of sp³-hybridized carbons (Fsp3) is 1.00. The number of rotatable bonds is 5. The molecule has 1 nitrogen and oxygen atoms in total. The van der Waals surface area contributed by atoms with E-state index in [-0.39, 0.29) is 0 Å². The van der Waals surface area contributed by atoms with E-state index < -0.39 is 0 Å². The Morgan fingerprint density at radius 1 is 0.667 bits per heavy atom. The summed E-state index contributed by atoms with van der Waals surface area (Å²) in [5, 5.41) is 9.16. The summed E-state index contributed by atoms with van der Waals surface area (Å²) >= 11 is 0. The van der Waals surface area contributed by atoms with Crippen LogP contribution in [0.1, 0.15) is 77.6 Å². The maximum absolute atomic E-state index is 9.16. The van der Waals surface area contributed by atoms with Crippen molar-refractivity contribution in [2.24, 2.45) is 23.7 Å². The molecule has 0 aliphatic heterocycles. The lowest BCUT2D eigenvalue weighted by Gasteiger charge is -2.31. The average Bonchev–Trinajstić information content (AvgIpc) is 2.46. The van der Waals surface area contributed by atoms with E-state index in [1.165, 1.54) is 70.6 Å². The van der Waals surface area contributed by atoms with Crippen molar-refractivity contribution < 1.29 is 5.11 Å². The smallest absolute Gasteiger partial charge is 0.0459 e. The van der Waals surface area contributed by atoms with Crippen molar-refractivity contribution in [3.05, 3.63) is 0 Å². The molecule has 1 heteroatoms. The summed E-state index contributed by atoms with van der Waals surface area (Å²) in [6, 6.07) is 0. The minimum Gasteiger partial charge on any atom is -0.396 e. The molecule has 0 unspecified atom stereocenters. The van der Waals surface area contributed by atoms with Crippen LogP contribution in [0.3, 0.4) is 0 Å². The van der Waals surface area contributed by atoms with Gasteiger partial charge in [0.2, 0.25) is 0 Å². The van der Waals surface area contributed by atoms with Crippen LogP contribution in [0.2, 0.25) is 0 Å². The topological polar surface area (TPSA) is 20.2 Å². The van der Waals surface area contributed by atoms with Gasteiger partial charge in [0.1, 0.15) is 0 Å². The molecule has 18 heavy (non-hydrogen) atoms. The van der Waals surface area contributed by atoms with E-state index in [1.54, 1.807) is 0 Å². The lowest BCUT2D eigenvalue weighted by Crippen LogP contribution is -2.19. The van der Waals surface area contributed by atoms with E-state index >= 15 is 0 Å². The van der Waals surface area contributed by atoms with Crippen LogP contribution in [0, 0.1) is 23.7 Å². The van der Waals surface area contributed by atoms with Gasteiger partial charge in [0.15, 0.2) is 0 Å². The van der Waals surface area contributed by atoms with E-state index in [0.717, 1.165) is 17.8 Å². The van der Waals surface area contributed by atoms with Gasteiger partial charge in [-0.15, -0.1) is 0 Å². The molecule has 2 fully saturated rings. The van der Waals surface area contributed by atoms with Gasteiger partial charge in [0, 0.05) is 6.61 Å². The zero-order valence-electron chi connectivity index (χ0n) is 12.2. The molecule has 106 valence electrons. The van der Waals surface area contributed by atoms with Gasteiger partial charge in [-0.05, 0) is 36.5 Å². The molecule has 2 aliphatic rings. The van der Waals surface area contributed by atoms with Gasteiger partial charge in [-0.1, -0.05) is 64.7 Å². The zero-order chi connectivity index (χ0) is 12.8. The molecule has 0 heterocycles. The Hall–Kier alpha value is -0.0400. The van der Waals surface area contributed by atoms with Gasteiger partial charge in [-0.2, -0.15) is 0 Å². The van der Waals surface area contributed by atoms with Crippen LogP contribution in [0.15, 0.2) is 0 Å². The fourth-order valence-corrected chi connectivity index (χ4v) is 4.10. The monoisotopic (exact) mass is 252 g/mol. The molecule has 0 bridgehead atoms. The summed E-state index contributed by atoms with van der Waals surface area (Å²) in [5.41, 5.74) is 0. The van der Waals surface area contributed by atoms with Crippen LogP contribution < -0.4 is 0 Å². The highest BCUT2D eigenvalue weighted by atomic mass is 16.3. The maximum Gasteiger partial charge on any atom is 0.0459 e. The molecule has 2 rings (SSSR count). The molecule has 0 amide bonds. The van der Waals surface area contributed by atoms with Crippen molar-refractivity contribution in [1.29, 1.82) is 0 Å². The minimum absolute atomic E-state index is 0.424. The molecule has 2 aliphatic carbocycles. The molecular weight excluding hydrogens is 220 g/mol. The van der Waals surface area contributed by atoms with Crippen molar-refractivity contribution in [2.45, 2.75) is 77.6 Å². The van der Waals surface area contributed by atoms with Crippen molar-refractivity contribution in [1.82, 2.24) is 0 Å². The van der Waals surface area contributed by atoms with Crippen molar-refractivity contribution in [3.8, 4) is 0 Å². The predicted octanol–water partition coefficient (Wildman–Crippen LogP) is 4.78. The first-order valence-corrected chi connectivity index (χ1v) is 8.42. The lowest BCUT2D eigenvalue weighted by atomic mass is 9.75. The van der Waals surface area contributed by atoms with E-state index in [1.807, 2.05) is 0 Å². The van der Waals surface area contributed by atoms with Crippen LogP contribution in [0.5, 0.6) is 0 Å². The molecule has 0 radical (unpaired) electrons. The first-order valence-electron chi connectivity index (χ1n) is 8.42. The van der Waals surface area contributed by atoms with E-state index in [9.17, 15) is 0 Å². The Balaban J connectivity index is 1.58. The maximum atomic E-state index is 9.16. The lowest BCUT2D eigenvalue weighted by molar-refractivity contribution is 0.157. The second-order valence-electron chi connectivity index (χ2n) is 6.94. The number of aliphatic hydroxyl groups is 1. The van der Waals surface area contributed by atoms with Gasteiger partial charge >= 0.3 is 0 Å². The van der Waals surface area contributed by atoms with Gasteiger partial charge in [-0.25, -0.2) is 0 Å². The summed E-state index contributed by atoms with van der Waals surface area (Å²) in [6.07, 6.45) is 15.7. The molecule has 0 spiro atoms. The minimum atomic E-state index is 0.424. The second kappa shape index (κ2) is 7.53.